The molecular weight excluding hydrogens is 302 g/mol. The van der Waals surface area contributed by atoms with E-state index in [1.54, 1.807) is 0 Å². The molecule has 3 N–H and O–H groups in total. The van der Waals surface area contributed by atoms with Gasteiger partial charge in [0.15, 0.2) is 0 Å². The van der Waals surface area contributed by atoms with Gasteiger partial charge in [0.25, 0.3) is 0 Å². The van der Waals surface area contributed by atoms with Crippen molar-refractivity contribution in [3.8, 4) is 0 Å². The highest BCUT2D eigenvalue weighted by Gasteiger charge is 2.28. The number of hydrogen-bond donors (Lipinski definition) is 2. The zero-order chi connectivity index (χ0) is 14.9. The van der Waals surface area contributed by atoms with E-state index in [0.29, 0.717) is 5.02 Å². The van der Waals surface area contributed by atoms with E-state index in [2.05, 4.69) is 5.32 Å². The lowest BCUT2D eigenvalue weighted by Crippen LogP contribution is -2.39. The second-order valence-corrected chi connectivity index (χ2v) is 7.23. The Morgan fingerprint density at radius 3 is 2.70 bits per heavy atom. The molecule has 1 aliphatic rings. The van der Waals surface area contributed by atoms with Crippen molar-refractivity contribution in [3.63, 3.8) is 0 Å². The molecule has 0 radical (unpaired) electrons. The van der Waals surface area contributed by atoms with Gasteiger partial charge < -0.3 is 11.1 Å². The lowest BCUT2D eigenvalue weighted by molar-refractivity contribution is -0.121. The summed E-state index contributed by atoms with van der Waals surface area (Å²) < 4.78 is 25.6. The molecule has 0 aromatic heterocycles. The van der Waals surface area contributed by atoms with Gasteiger partial charge in [-0.2, -0.15) is 4.31 Å². The van der Waals surface area contributed by atoms with Gasteiger partial charge in [0, 0.05) is 18.1 Å². The van der Waals surface area contributed by atoms with Crippen LogP contribution in [0.4, 0.5) is 5.69 Å². The monoisotopic (exact) mass is 317 g/mol. The molecule has 0 spiro atoms. The highest BCUT2D eigenvalue weighted by Crippen LogP contribution is 2.25. The van der Waals surface area contributed by atoms with Crippen molar-refractivity contribution in [2.24, 2.45) is 0 Å². The Bertz CT molecular complexity index is 629. The van der Waals surface area contributed by atoms with E-state index in [-0.39, 0.29) is 29.1 Å². The van der Waals surface area contributed by atoms with Crippen molar-refractivity contribution >= 4 is 33.2 Å². The average molecular weight is 318 g/mol. The third-order valence-electron chi connectivity index (χ3n) is 2.97. The number of hydrogen-bond acceptors (Lipinski definition) is 4. The fourth-order valence-corrected chi connectivity index (χ4v) is 3.11. The van der Waals surface area contributed by atoms with Gasteiger partial charge in [0.05, 0.1) is 12.2 Å². The van der Waals surface area contributed by atoms with Gasteiger partial charge in [0.1, 0.15) is 4.90 Å². The summed E-state index contributed by atoms with van der Waals surface area (Å²) >= 11 is 5.74. The van der Waals surface area contributed by atoms with Crippen molar-refractivity contribution in [1.29, 1.82) is 0 Å². The van der Waals surface area contributed by atoms with Gasteiger partial charge in [-0.3, -0.25) is 4.79 Å². The number of nitrogens with one attached hydrogen (secondary N) is 1. The molecule has 0 atom stereocenters. The van der Waals surface area contributed by atoms with Crippen molar-refractivity contribution in [3.05, 3.63) is 23.2 Å². The number of anilines is 1. The number of nitrogens with two attached hydrogens (primary N) is 1. The van der Waals surface area contributed by atoms with E-state index < -0.39 is 10.0 Å². The molecule has 1 aromatic carbocycles. The summed E-state index contributed by atoms with van der Waals surface area (Å²) in [6.45, 7) is -0.235. The van der Waals surface area contributed by atoms with Crippen LogP contribution in [-0.2, 0) is 14.8 Å². The number of halogens is 1. The van der Waals surface area contributed by atoms with Crippen LogP contribution >= 0.6 is 11.6 Å². The summed E-state index contributed by atoms with van der Waals surface area (Å²) in [5, 5.41) is 3.09. The molecule has 1 aliphatic carbocycles. The zero-order valence-corrected chi connectivity index (χ0v) is 12.5. The maximum atomic E-state index is 12.3. The Kier molecular flexibility index (Phi) is 4.22. The normalized spacial score (nSPS) is 15.3. The molecule has 0 bridgehead atoms. The second-order valence-electron chi connectivity index (χ2n) is 4.79. The number of nitrogen functional groups attached to an aromatic ring is 1. The summed E-state index contributed by atoms with van der Waals surface area (Å²) in [6, 6.07) is 4.34. The van der Waals surface area contributed by atoms with Crippen LogP contribution < -0.4 is 11.1 Å². The number of rotatable bonds is 5. The van der Waals surface area contributed by atoms with Crippen LogP contribution in [-0.4, -0.2) is 38.3 Å². The third kappa shape index (κ3) is 3.41. The van der Waals surface area contributed by atoms with Gasteiger partial charge in [-0.15, -0.1) is 0 Å². The predicted octanol–water partition coefficient (Wildman–Crippen LogP) is 0.821. The third-order valence-corrected chi connectivity index (χ3v) is 5.08. The Morgan fingerprint density at radius 2 is 2.15 bits per heavy atom. The van der Waals surface area contributed by atoms with Crippen molar-refractivity contribution in [2.45, 2.75) is 23.8 Å². The van der Waals surface area contributed by atoms with E-state index in [1.165, 1.54) is 25.2 Å². The summed E-state index contributed by atoms with van der Waals surface area (Å²) in [7, 11) is -2.46. The quantitative estimate of drug-likeness (QED) is 0.786. The van der Waals surface area contributed by atoms with Gasteiger partial charge >= 0.3 is 0 Å². The average Bonchev–Trinajstić information content (AvgIpc) is 3.11. The highest BCUT2D eigenvalue weighted by molar-refractivity contribution is 7.89. The van der Waals surface area contributed by atoms with E-state index in [0.717, 1.165) is 17.1 Å². The summed E-state index contributed by atoms with van der Waals surface area (Å²) in [6.07, 6.45) is 1.90. The Balaban J connectivity index is 2.13. The number of nitrogens with zero attached hydrogens (tertiary/aromatic N) is 1. The van der Waals surface area contributed by atoms with Crippen LogP contribution in [0.15, 0.2) is 23.1 Å². The van der Waals surface area contributed by atoms with E-state index in [9.17, 15) is 13.2 Å². The van der Waals surface area contributed by atoms with Gasteiger partial charge in [-0.25, -0.2) is 8.42 Å². The molecule has 1 amide bonds. The molecule has 0 unspecified atom stereocenters. The van der Waals surface area contributed by atoms with Crippen LogP contribution in [0, 0.1) is 0 Å². The van der Waals surface area contributed by atoms with E-state index in [1.807, 2.05) is 0 Å². The van der Waals surface area contributed by atoms with Gasteiger partial charge in [-0.05, 0) is 31.0 Å². The molecule has 110 valence electrons. The predicted molar refractivity (Wildman–Crippen MR) is 76.8 cm³/mol. The fourth-order valence-electron chi connectivity index (χ4n) is 1.71. The molecular formula is C12H16ClN3O3S. The summed E-state index contributed by atoms with van der Waals surface area (Å²) in [5.74, 6) is -0.314. The SMILES string of the molecule is CN(CC(=O)NC1CC1)S(=O)(=O)c1ccc(Cl)cc1N. The smallest absolute Gasteiger partial charge is 0.245 e. The highest BCUT2D eigenvalue weighted by atomic mass is 35.5. The van der Waals surface area contributed by atoms with Gasteiger partial charge in [-0.1, -0.05) is 11.6 Å². The van der Waals surface area contributed by atoms with Crippen molar-refractivity contribution < 1.29 is 13.2 Å². The first-order valence-electron chi connectivity index (χ1n) is 6.11. The Labute approximate surface area is 122 Å². The van der Waals surface area contributed by atoms with Crippen LogP contribution in [0.3, 0.4) is 0 Å². The minimum atomic E-state index is -3.81. The number of benzene rings is 1. The molecule has 1 fully saturated rings. The molecule has 2 rings (SSSR count). The molecule has 1 aromatic rings. The number of carbonyl (C=O) groups excluding carboxylic acids is 1. The maximum absolute atomic E-state index is 12.3. The minimum Gasteiger partial charge on any atom is -0.398 e. The minimum absolute atomic E-state index is 0.0522. The number of likely N-dealkylation sites (N-methyl/N-ethyl adjacent to an activating group) is 1. The standard InChI is InChI=1S/C12H16ClN3O3S/c1-16(7-12(17)15-9-3-4-9)20(18,19)11-5-2-8(13)6-10(11)14/h2,5-6,9H,3-4,7,14H2,1H3,(H,15,17). The number of sulfonamides is 1. The van der Waals surface area contributed by atoms with Crippen LogP contribution in [0.2, 0.25) is 5.02 Å². The fraction of sp³-hybridized carbons (Fsp3) is 0.417. The topological polar surface area (TPSA) is 92.5 Å². The molecule has 0 heterocycles. The number of amides is 1. The van der Waals surface area contributed by atoms with Crippen molar-refractivity contribution in [1.82, 2.24) is 9.62 Å². The molecule has 1 saturated carbocycles. The summed E-state index contributed by atoms with van der Waals surface area (Å²) in [4.78, 5) is 11.6. The van der Waals surface area contributed by atoms with E-state index >= 15 is 0 Å². The maximum Gasteiger partial charge on any atom is 0.245 e. The first-order valence-corrected chi connectivity index (χ1v) is 7.93. The first kappa shape index (κ1) is 15.1. The molecule has 6 nitrogen and oxygen atoms in total. The molecule has 20 heavy (non-hydrogen) atoms. The molecule has 0 saturated heterocycles. The van der Waals surface area contributed by atoms with E-state index in [4.69, 9.17) is 17.3 Å². The largest absolute Gasteiger partial charge is 0.398 e. The Hall–Kier alpha value is -1.31. The van der Waals surface area contributed by atoms with Crippen LogP contribution in [0.25, 0.3) is 0 Å². The molecule has 8 heteroatoms. The molecule has 0 aliphatic heterocycles. The first-order chi connectivity index (χ1) is 9.30. The summed E-state index contributed by atoms with van der Waals surface area (Å²) in [5.41, 5.74) is 5.74. The lowest BCUT2D eigenvalue weighted by atomic mass is 10.3. The Morgan fingerprint density at radius 1 is 1.50 bits per heavy atom. The van der Waals surface area contributed by atoms with Gasteiger partial charge in [0.2, 0.25) is 15.9 Å². The second kappa shape index (κ2) is 5.59. The zero-order valence-electron chi connectivity index (χ0n) is 11.0. The number of carbonyl (C=O) groups is 1. The lowest BCUT2D eigenvalue weighted by Gasteiger charge is -2.18. The van der Waals surface area contributed by atoms with Crippen LogP contribution in [0.1, 0.15) is 12.8 Å². The van der Waals surface area contributed by atoms with Crippen molar-refractivity contribution in [2.75, 3.05) is 19.3 Å². The van der Waals surface area contributed by atoms with Crippen LogP contribution in [0.5, 0.6) is 0 Å².